The van der Waals surface area contributed by atoms with Gasteiger partial charge < -0.3 is 10.3 Å². The Hall–Kier alpha value is -2.60. The molecule has 1 aromatic heterocycles. The number of imidazole rings is 1. The number of aryl methyl sites for hydroxylation is 1. The number of carbonyl (C=O) groups is 1. The zero-order chi connectivity index (χ0) is 19.1. The Morgan fingerprint density at radius 3 is 2.59 bits per heavy atom. The molecule has 1 heterocycles. The molecule has 0 saturated carbocycles. The smallest absolute Gasteiger partial charge is 0.230 e. The largest absolute Gasteiger partial charge is 0.355 e. The highest BCUT2D eigenvalue weighted by Crippen LogP contribution is 2.18. The number of hydrogen-bond donors (Lipinski definition) is 2. The zero-order valence-corrected chi connectivity index (χ0v) is 16.0. The van der Waals surface area contributed by atoms with Crippen molar-refractivity contribution in [3.63, 3.8) is 0 Å². The van der Waals surface area contributed by atoms with E-state index < -0.39 is 0 Å². The van der Waals surface area contributed by atoms with E-state index >= 15 is 0 Å². The van der Waals surface area contributed by atoms with E-state index in [0.717, 1.165) is 28.5 Å². The van der Waals surface area contributed by atoms with Crippen LogP contribution >= 0.6 is 11.8 Å². The third-order valence-electron chi connectivity index (χ3n) is 4.17. The lowest BCUT2D eigenvalue weighted by Crippen LogP contribution is -2.27. The van der Waals surface area contributed by atoms with Crippen molar-refractivity contribution < 1.29 is 9.18 Å². The van der Waals surface area contributed by atoms with Gasteiger partial charge in [0.2, 0.25) is 5.91 Å². The predicted molar refractivity (Wildman–Crippen MR) is 106 cm³/mol. The third kappa shape index (κ3) is 5.96. The van der Waals surface area contributed by atoms with E-state index in [-0.39, 0.29) is 11.7 Å². The minimum atomic E-state index is -0.250. The van der Waals surface area contributed by atoms with E-state index in [1.807, 2.05) is 25.1 Å². The van der Waals surface area contributed by atoms with Gasteiger partial charge in [-0.2, -0.15) is 0 Å². The van der Waals surface area contributed by atoms with Gasteiger partial charge in [0, 0.05) is 18.7 Å². The van der Waals surface area contributed by atoms with E-state index in [4.69, 9.17) is 0 Å². The summed E-state index contributed by atoms with van der Waals surface area (Å²) in [5, 5.41) is 3.64. The van der Waals surface area contributed by atoms with Crippen molar-refractivity contribution in [1.82, 2.24) is 15.3 Å². The van der Waals surface area contributed by atoms with Crippen molar-refractivity contribution >= 4 is 17.7 Å². The molecule has 2 N–H and O–H groups in total. The zero-order valence-electron chi connectivity index (χ0n) is 15.2. The fourth-order valence-corrected chi connectivity index (χ4v) is 3.45. The number of aromatic amines is 1. The molecule has 0 atom stereocenters. The van der Waals surface area contributed by atoms with Crippen molar-refractivity contribution in [2.75, 3.05) is 12.3 Å². The van der Waals surface area contributed by atoms with Crippen LogP contribution in [0, 0.1) is 12.7 Å². The topological polar surface area (TPSA) is 57.8 Å². The van der Waals surface area contributed by atoms with Gasteiger partial charge in [0.05, 0.1) is 11.4 Å². The number of nitrogens with one attached hydrogen (secondary N) is 2. The molecule has 0 unspecified atom stereocenters. The maximum absolute atomic E-state index is 12.9. The van der Waals surface area contributed by atoms with Crippen LogP contribution in [0.1, 0.15) is 22.5 Å². The molecule has 0 radical (unpaired) electrons. The molecule has 0 saturated heterocycles. The van der Waals surface area contributed by atoms with Crippen LogP contribution in [0.3, 0.4) is 0 Å². The average molecular weight is 383 g/mol. The maximum atomic E-state index is 12.9. The van der Waals surface area contributed by atoms with E-state index in [1.54, 1.807) is 12.1 Å². The molecule has 27 heavy (non-hydrogen) atoms. The van der Waals surface area contributed by atoms with Gasteiger partial charge >= 0.3 is 0 Å². The highest BCUT2D eigenvalue weighted by atomic mass is 32.2. The number of carbonyl (C=O) groups excluding carboxylic acids is 1. The number of rotatable bonds is 8. The standard InChI is InChI=1S/C21H22FN3OS/c1-15-19(13-17-5-3-2-4-6-17)25-21(24-15)27-14-20(26)23-12-11-16-7-9-18(22)10-8-16/h2-10H,11-14H2,1H3,(H,23,26)(H,24,25). The summed E-state index contributed by atoms with van der Waals surface area (Å²) in [5.74, 6) is 0.0153. The number of halogens is 1. The number of hydrogen-bond acceptors (Lipinski definition) is 3. The Labute approximate surface area is 162 Å². The van der Waals surface area contributed by atoms with Crippen LogP contribution in [0.2, 0.25) is 0 Å². The molecule has 0 bridgehead atoms. The van der Waals surface area contributed by atoms with Crippen molar-refractivity contribution in [3.8, 4) is 0 Å². The van der Waals surface area contributed by atoms with Crippen LogP contribution in [0.4, 0.5) is 4.39 Å². The molecule has 4 nitrogen and oxygen atoms in total. The molecular weight excluding hydrogens is 361 g/mol. The highest BCUT2D eigenvalue weighted by molar-refractivity contribution is 7.99. The first kappa shape index (κ1) is 19.2. The Morgan fingerprint density at radius 2 is 1.85 bits per heavy atom. The summed E-state index contributed by atoms with van der Waals surface area (Å²) in [6.07, 6.45) is 1.45. The van der Waals surface area contributed by atoms with Gasteiger partial charge in [0.25, 0.3) is 0 Å². The quantitative estimate of drug-likeness (QED) is 0.580. The molecule has 3 rings (SSSR count). The Balaban J connectivity index is 1.43. The van der Waals surface area contributed by atoms with Gasteiger partial charge in [0.1, 0.15) is 5.82 Å². The van der Waals surface area contributed by atoms with Crippen molar-refractivity contribution in [2.45, 2.75) is 24.9 Å². The van der Waals surface area contributed by atoms with Crippen LogP contribution in [-0.2, 0) is 17.6 Å². The van der Waals surface area contributed by atoms with Crippen molar-refractivity contribution in [3.05, 3.63) is 82.9 Å². The minimum absolute atomic E-state index is 0.0409. The van der Waals surface area contributed by atoms with Gasteiger partial charge in [-0.1, -0.05) is 54.2 Å². The van der Waals surface area contributed by atoms with Gasteiger partial charge in [-0.15, -0.1) is 0 Å². The van der Waals surface area contributed by atoms with Gasteiger partial charge in [-0.25, -0.2) is 9.37 Å². The number of H-pyrrole nitrogens is 1. The average Bonchev–Trinajstić information content (AvgIpc) is 3.02. The number of nitrogens with zero attached hydrogens (tertiary/aromatic N) is 1. The fourth-order valence-electron chi connectivity index (χ4n) is 2.68. The summed E-state index contributed by atoms with van der Waals surface area (Å²) in [5.41, 5.74) is 4.23. The lowest BCUT2D eigenvalue weighted by atomic mass is 10.1. The first-order valence-corrected chi connectivity index (χ1v) is 9.82. The first-order chi connectivity index (χ1) is 13.1. The Kier molecular flexibility index (Phi) is 6.65. The van der Waals surface area contributed by atoms with Gasteiger partial charge in [-0.3, -0.25) is 4.79 Å². The van der Waals surface area contributed by atoms with Crippen LogP contribution in [0.5, 0.6) is 0 Å². The molecule has 2 aromatic carbocycles. The predicted octanol–water partition coefficient (Wildman–Crippen LogP) is 3.90. The highest BCUT2D eigenvalue weighted by Gasteiger charge is 2.10. The third-order valence-corrected chi connectivity index (χ3v) is 5.04. The summed E-state index contributed by atoms with van der Waals surface area (Å²) < 4.78 is 12.9. The molecule has 6 heteroatoms. The first-order valence-electron chi connectivity index (χ1n) is 8.83. The summed E-state index contributed by atoms with van der Waals surface area (Å²) in [6.45, 7) is 2.53. The minimum Gasteiger partial charge on any atom is -0.355 e. The van der Waals surface area contributed by atoms with Crippen LogP contribution in [0.25, 0.3) is 0 Å². The monoisotopic (exact) mass is 383 g/mol. The number of benzene rings is 2. The molecule has 0 aliphatic rings. The Bertz CT molecular complexity index is 878. The van der Waals surface area contributed by atoms with Crippen LogP contribution in [-0.4, -0.2) is 28.2 Å². The lowest BCUT2D eigenvalue weighted by molar-refractivity contribution is -0.118. The lowest BCUT2D eigenvalue weighted by Gasteiger charge is -2.04. The summed E-state index contributed by atoms with van der Waals surface area (Å²) in [4.78, 5) is 19.9. The van der Waals surface area contributed by atoms with E-state index in [9.17, 15) is 9.18 Å². The molecular formula is C21H22FN3OS. The van der Waals surface area contributed by atoms with E-state index in [2.05, 4.69) is 27.4 Å². The molecule has 0 spiro atoms. The van der Waals surface area contributed by atoms with Gasteiger partial charge in [-0.05, 0) is 36.6 Å². The molecule has 3 aromatic rings. The van der Waals surface area contributed by atoms with E-state index in [0.29, 0.717) is 18.7 Å². The molecule has 140 valence electrons. The van der Waals surface area contributed by atoms with Crippen molar-refractivity contribution in [2.24, 2.45) is 0 Å². The number of aromatic nitrogens is 2. The summed E-state index contributed by atoms with van der Waals surface area (Å²) in [6, 6.07) is 16.5. The molecule has 1 amide bonds. The number of thioether (sulfide) groups is 1. The van der Waals surface area contributed by atoms with Gasteiger partial charge in [0.15, 0.2) is 5.16 Å². The summed E-state index contributed by atoms with van der Waals surface area (Å²) in [7, 11) is 0. The van der Waals surface area contributed by atoms with Crippen LogP contribution in [0.15, 0.2) is 59.8 Å². The van der Waals surface area contributed by atoms with Crippen LogP contribution < -0.4 is 5.32 Å². The molecule has 0 aliphatic carbocycles. The second-order valence-corrected chi connectivity index (χ2v) is 7.26. The maximum Gasteiger partial charge on any atom is 0.230 e. The SMILES string of the molecule is Cc1[nH]c(SCC(=O)NCCc2ccc(F)cc2)nc1Cc1ccccc1. The molecule has 0 aliphatic heterocycles. The van der Waals surface area contributed by atoms with Crippen molar-refractivity contribution in [1.29, 1.82) is 0 Å². The molecule has 0 fully saturated rings. The fraction of sp³-hybridized carbons (Fsp3) is 0.238. The second kappa shape index (κ2) is 9.37. The Morgan fingerprint density at radius 1 is 1.11 bits per heavy atom. The van der Waals surface area contributed by atoms with E-state index in [1.165, 1.54) is 29.5 Å². The summed E-state index contributed by atoms with van der Waals surface area (Å²) >= 11 is 1.39. The second-order valence-electron chi connectivity index (χ2n) is 6.29. The normalized spacial score (nSPS) is 10.7. The number of amides is 1.